The van der Waals surface area contributed by atoms with E-state index in [-0.39, 0.29) is 30.6 Å². The maximum Gasteiger partial charge on any atom is 0.243 e. The Bertz CT molecular complexity index is 1630. The molecule has 0 radical (unpaired) electrons. The van der Waals surface area contributed by atoms with Crippen LogP contribution in [0.2, 0.25) is 0 Å². The van der Waals surface area contributed by atoms with Crippen molar-refractivity contribution in [2.24, 2.45) is 0 Å². The number of likely N-dealkylation sites (N-methyl/N-ethyl adjacent to an activating group) is 1. The predicted molar refractivity (Wildman–Crippen MR) is 193 cm³/mol. The van der Waals surface area contributed by atoms with Crippen LogP contribution in [0.1, 0.15) is 85.2 Å². The van der Waals surface area contributed by atoms with E-state index in [1.165, 1.54) is 5.56 Å². The zero-order valence-electron chi connectivity index (χ0n) is 28.8. The van der Waals surface area contributed by atoms with E-state index in [1.54, 1.807) is 5.48 Å². The molecule has 3 atom stereocenters. The quantitative estimate of drug-likeness (QED) is 0.0540. The summed E-state index contributed by atoms with van der Waals surface area (Å²) in [5.41, 5.74) is 8.91. The van der Waals surface area contributed by atoms with Crippen molar-refractivity contribution >= 4 is 11.8 Å². The van der Waals surface area contributed by atoms with Gasteiger partial charge >= 0.3 is 0 Å². The molecule has 9 nitrogen and oxygen atoms in total. The van der Waals surface area contributed by atoms with Gasteiger partial charge in [-0.25, -0.2) is 5.48 Å². The number of nitrogens with zero attached hydrogens (tertiary/aromatic N) is 1. The summed E-state index contributed by atoms with van der Waals surface area (Å²) in [6.07, 6.45) is 3.88. The third-order valence-electron chi connectivity index (χ3n) is 9.04. The number of carbonyl (C=O) groups is 2. The lowest BCUT2D eigenvalue weighted by atomic mass is 9.99. The highest BCUT2D eigenvalue weighted by Crippen LogP contribution is 2.38. The van der Waals surface area contributed by atoms with E-state index in [4.69, 9.17) is 14.7 Å². The Morgan fingerprint density at radius 2 is 1.42 bits per heavy atom. The fourth-order valence-electron chi connectivity index (χ4n) is 6.30. The molecule has 1 fully saturated rings. The molecular formula is C41H49N3O6. The van der Waals surface area contributed by atoms with Gasteiger partial charge in [0.1, 0.15) is 0 Å². The lowest BCUT2D eigenvalue weighted by Gasteiger charge is -2.38. The highest BCUT2D eigenvalue weighted by atomic mass is 16.7. The first-order chi connectivity index (χ1) is 24.4. The van der Waals surface area contributed by atoms with Crippen molar-refractivity contribution in [1.29, 1.82) is 0 Å². The van der Waals surface area contributed by atoms with Crippen LogP contribution in [0.4, 0.5) is 0 Å². The molecule has 5 rings (SSSR count). The van der Waals surface area contributed by atoms with Crippen LogP contribution in [0.15, 0.2) is 103 Å². The maximum absolute atomic E-state index is 12.4. The average Bonchev–Trinajstić information content (AvgIpc) is 3.15. The van der Waals surface area contributed by atoms with Crippen molar-refractivity contribution in [3.8, 4) is 11.1 Å². The zero-order valence-corrected chi connectivity index (χ0v) is 28.8. The molecular weight excluding hydrogens is 630 g/mol. The number of hydrogen-bond donors (Lipinski definition) is 4. The molecule has 264 valence electrons. The Hall–Kier alpha value is -4.38. The number of ether oxygens (including phenoxy) is 2. The molecule has 9 heteroatoms. The van der Waals surface area contributed by atoms with Crippen LogP contribution in [0.5, 0.6) is 0 Å². The number of amides is 2. The molecule has 50 heavy (non-hydrogen) atoms. The Kier molecular flexibility index (Phi) is 14.1. The average molecular weight is 680 g/mol. The molecule has 2 amide bonds. The topological polar surface area (TPSA) is 120 Å². The van der Waals surface area contributed by atoms with E-state index in [9.17, 15) is 14.7 Å². The summed E-state index contributed by atoms with van der Waals surface area (Å²) in [7, 11) is 2.12. The van der Waals surface area contributed by atoms with Gasteiger partial charge in [0.15, 0.2) is 6.29 Å². The second-order valence-corrected chi connectivity index (χ2v) is 13.1. The second kappa shape index (κ2) is 19.1. The first-order valence-electron chi connectivity index (χ1n) is 17.5. The molecule has 4 N–H and O–H groups in total. The minimum absolute atomic E-state index is 0.00611. The molecule has 0 saturated carbocycles. The highest BCUT2D eigenvalue weighted by Gasteiger charge is 2.32. The summed E-state index contributed by atoms with van der Waals surface area (Å²) in [6.45, 7) is 2.04. The van der Waals surface area contributed by atoms with Crippen LogP contribution < -0.4 is 10.8 Å². The summed E-state index contributed by atoms with van der Waals surface area (Å²) >= 11 is 0. The monoisotopic (exact) mass is 679 g/mol. The summed E-state index contributed by atoms with van der Waals surface area (Å²) in [5, 5.41) is 21.1. The van der Waals surface area contributed by atoms with E-state index in [1.807, 2.05) is 42.5 Å². The van der Waals surface area contributed by atoms with Gasteiger partial charge in [0, 0.05) is 44.5 Å². The van der Waals surface area contributed by atoms with E-state index in [2.05, 4.69) is 77.9 Å². The normalized spacial score (nSPS) is 17.4. The SMILES string of the molecule is CN(Cc1ccccc1)CC1CC(c2ccc(CO)cc2)OC(c2ccc(-c3cccc(CNC(=O)CCCCCCC(=O)NO)c3)cc2)O1. The van der Waals surface area contributed by atoms with Gasteiger partial charge in [-0.1, -0.05) is 110 Å². The van der Waals surface area contributed by atoms with Crippen molar-refractivity contribution in [3.05, 3.63) is 131 Å². The first kappa shape index (κ1) is 36.9. The zero-order chi connectivity index (χ0) is 35.1. The van der Waals surface area contributed by atoms with Gasteiger partial charge in [-0.05, 0) is 59.3 Å². The molecule has 0 aliphatic carbocycles. The molecule has 3 unspecified atom stereocenters. The van der Waals surface area contributed by atoms with Crippen LogP contribution in [0.25, 0.3) is 11.1 Å². The van der Waals surface area contributed by atoms with E-state index in [0.29, 0.717) is 25.8 Å². The highest BCUT2D eigenvalue weighted by molar-refractivity contribution is 5.76. The number of unbranched alkanes of at least 4 members (excludes halogenated alkanes) is 3. The molecule has 1 heterocycles. The van der Waals surface area contributed by atoms with Crippen molar-refractivity contribution in [1.82, 2.24) is 15.7 Å². The summed E-state index contributed by atoms with van der Waals surface area (Å²) in [6, 6.07) is 34.9. The molecule has 0 aromatic heterocycles. The lowest BCUT2D eigenvalue weighted by molar-refractivity contribution is -0.252. The van der Waals surface area contributed by atoms with Gasteiger partial charge in [-0.2, -0.15) is 0 Å². The fourth-order valence-corrected chi connectivity index (χ4v) is 6.30. The van der Waals surface area contributed by atoms with Crippen molar-refractivity contribution in [2.45, 2.75) is 83.1 Å². The fraction of sp³-hybridized carbons (Fsp3) is 0.366. The number of carbonyl (C=O) groups excluding carboxylic acids is 2. The van der Waals surface area contributed by atoms with Gasteiger partial charge in [-0.15, -0.1) is 0 Å². The van der Waals surface area contributed by atoms with Gasteiger partial charge in [0.2, 0.25) is 11.8 Å². The summed E-state index contributed by atoms with van der Waals surface area (Å²) < 4.78 is 13.2. The lowest BCUT2D eigenvalue weighted by Crippen LogP contribution is -2.37. The number of nitrogens with one attached hydrogen (secondary N) is 2. The number of hydrogen-bond acceptors (Lipinski definition) is 7. The van der Waals surface area contributed by atoms with E-state index >= 15 is 0 Å². The number of hydroxylamine groups is 1. The Labute approximate surface area is 295 Å². The van der Waals surface area contributed by atoms with Crippen LogP contribution >= 0.6 is 0 Å². The number of aliphatic hydroxyl groups excluding tert-OH is 1. The van der Waals surface area contributed by atoms with Crippen LogP contribution in [0.3, 0.4) is 0 Å². The molecule has 1 aliphatic rings. The van der Waals surface area contributed by atoms with Gasteiger partial charge in [0.05, 0.1) is 18.8 Å². The number of aliphatic hydroxyl groups is 1. The van der Waals surface area contributed by atoms with Crippen molar-refractivity contribution < 1.29 is 29.4 Å². The second-order valence-electron chi connectivity index (χ2n) is 13.1. The third-order valence-corrected chi connectivity index (χ3v) is 9.04. The maximum atomic E-state index is 12.4. The molecule has 0 bridgehead atoms. The molecule has 4 aromatic rings. The number of rotatable bonds is 17. The van der Waals surface area contributed by atoms with Gasteiger partial charge in [-0.3, -0.25) is 19.7 Å². The third kappa shape index (κ3) is 11.3. The Morgan fingerprint density at radius 3 is 2.12 bits per heavy atom. The molecule has 1 aliphatic heterocycles. The summed E-state index contributed by atoms with van der Waals surface area (Å²) in [4.78, 5) is 25.8. The minimum Gasteiger partial charge on any atom is -0.392 e. The summed E-state index contributed by atoms with van der Waals surface area (Å²) in [5.74, 6) is -0.372. The molecule has 1 saturated heterocycles. The Balaban J connectivity index is 1.19. The predicted octanol–water partition coefficient (Wildman–Crippen LogP) is 6.99. The van der Waals surface area contributed by atoms with E-state index < -0.39 is 6.29 Å². The number of benzene rings is 4. The minimum atomic E-state index is -0.531. The first-order valence-corrected chi connectivity index (χ1v) is 17.5. The Morgan fingerprint density at radius 1 is 0.740 bits per heavy atom. The van der Waals surface area contributed by atoms with Crippen LogP contribution in [-0.2, 0) is 38.8 Å². The standard InChI is InChI=1S/C41H49N3O6/c1-44(27-30-10-5-4-6-11-30)28-37-25-38(34-18-16-31(29-45)17-19-34)50-41(49-37)35-22-20-33(21-23-35)36-13-9-12-32(24-36)26-42-39(46)14-7-2-3-8-15-40(47)43-48/h4-6,9-13,16-24,37-38,41,45,48H,2-3,7-8,14-15,25-29H2,1H3,(H,42,46)(H,43,47). The van der Waals surface area contributed by atoms with Gasteiger partial charge < -0.3 is 19.9 Å². The van der Waals surface area contributed by atoms with Crippen LogP contribution in [0, 0.1) is 0 Å². The molecule has 0 spiro atoms. The smallest absolute Gasteiger partial charge is 0.243 e. The largest absolute Gasteiger partial charge is 0.392 e. The molecule has 4 aromatic carbocycles. The van der Waals surface area contributed by atoms with Crippen molar-refractivity contribution in [2.75, 3.05) is 13.6 Å². The van der Waals surface area contributed by atoms with E-state index in [0.717, 1.165) is 72.2 Å². The van der Waals surface area contributed by atoms with Crippen LogP contribution in [-0.4, -0.2) is 46.7 Å². The van der Waals surface area contributed by atoms with Gasteiger partial charge in [0.25, 0.3) is 0 Å². The van der Waals surface area contributed by atoms with Crippen molar-refractivity contribution in [3.63, 3.8) is 0 Å².